The first-order valence-corrected chi connectivity index (χ1v) is 21.6. The number of piperidine rings is 1. The number of anilines is 1. The molecule has 5 fully saturated rings. The van der Waals surface area contributed by atoms with Crippen LogP contribution in [0.15, 0.2) is 24.3 Å². The lowest BCUT2D eigenvalue weighted by Crippen LogP contribution is -2.66. The monoisotopic (exact) mass is 793 g/mol. The standard InChI is InChI=1S/C41H49F2N5O7S/c1-4-27-29(42)9-8-24-15-26(49)16-28(31(24)27)34-33(43)35-32(37(44-34)53-3)36(47-13-14-54-20-39(2,50)19-47)46-38(45-35)55-21-41-10-5-7-30(41)48(12-6-11-41)25-17-40(18-25)22-56(51,52)23-40/h8-9,15-16,25,30,49-50H,4-7,10-14,17-23H2,1-3H3/t30-,39+,41-/m1/s1. The molecule has 0 radical (unpaired) electrons. The number of phenolic OH excluding ortho intramolecular Hbond substituents is 1. The van der Waals surface area contributed by atoms with Crippen molar-refractivity contribution in [3.63, 3.8) is 0 Å². The van der Waals surface area contributed by atoms with E-state index in [2.05, 4.69) is 9.88 Å². The Hall–Kier alpha value is -3.92. The van der Waals surface area contributed by atoms with E-state index in [1.807, 2.05) is 11.8 Å². The molecule has 300 valence electrons. The summed E-state index contributed by atoms with van der Waals surface area (Å²) in [6.07, 6.45) is 7.14. The van der Waals surface area contributed by atoms with Crippen LogP contribution in [0, 0.1) is 22.5 Å². The smallest absolute Gasteiger partial charge is 0.319 e. The van der Waals surface area contributed by atoms with Gasteiger partial charge in [0, 0.05) is 35.0 Å². The third-order valence-electron chi connectivity index (χ3n) is 13.1. The molecule has 5 heterocycles. The first-order valence-electron chi connectivity index (χ1n) is 19.8. The zero-order chi connectivity index (χ0) is 39.2. The Morgan fingerprint density at radius 2 is 1.84 bits per heavy atom. The lowest BCUT2D eigenvalue weighted by atomic mass is 9.64. The second-order valence-corrected chi connectivity index (χ2v) is 19.3. The molecule has 2 aromatic heterocycles. The predicted octanol–water partition coefficient (Wildman–Crippen LogP) is 5.58. The minimum atomic E-state index is -2.89. The summed E-state index contributed by atoms with van der Waals surface area (Å²) < 4.78 is 74.8. The summed E-state index contributed by atoms with van der Waals surface area (Å²) in [5, 5.41) is 23.1. The summed E-state index contributed by atoms with van der Waals surface area (Å²) in [4.78, 5) is 18.7. The van der Waals surface area contributed by atoms with Crippen LogP contribution in [0.1, 0.15) is 64.4 Å². The van der Waals surface area contributed by atoms with E-state index >= 15 is 8.78 Å². The number of phenols is 1. The fraction of sp³-hybridized carbons (Fsp3) is 0.585. The molecule has 2 N–H and O–H groups in total. The highest BCUT2D eigenvalue weighted by Gasteiger charge is 2.60. The lowest BCUT2D eigenvalue weighted by Gasteiger charge is -2.60. The van der Waals surface area contributed by atoms with Crippen LogP contribution in [0.4, 0.5) is 14.6 Å². The van der Waals surface area contributed by atoms with Gasteiger partial charge in [-0.3, -0.25) is 4.90 Å². The summed E-state index contributed by atoms with van der Waals surface area (Å²) >= 11 is 0. The van der Waals surface area contributed by atoms with Crippen molar-refractivity contribution in [2.24, 2.45) is 10.8 Å². The highest BCUT2D eigenvalue weighted by Crippen LogP contribution is 2.56. The Balaban J connectivity index is 1.13. The van der Waals surface area contributed by atoms with E-state index < -0.39 is 27.1 Å². The van der Waals surface area contributed by atoms with Gasteiger partial charge in [-0.15, -0.1) is 0 Å². The van der Waals surface area contributed by atoms with Crippen molar-refractivity contribution in [2.75, 3.05) is 63.0 Å². The fourth-order valence-electron chi connectivity index (χ4n) is 10.8. The van der Waals surface area contributed by atoms with Crippen LogP contribution >= 0.6 is 0 Å². The van der Waals surface area contributed by atoms with Gasteiger partial charge in [-0.2, -0.15) is 9.97 Å². The number of aliphatic hydroxyl groups is 1. The maximum Gasteiger partial charge on any atom is 0.319 e. The third kappa shape index (κ3) is 6.33. The van der Waals surface area contributed by atoms with Crippen molar-refractivity contribution in [2.45, 2.75) is 82.9 Å². The van der Waals surface area contributed by atoms with Gasteiger partial charge < -0.3 is 29.3 Å². The molecule has 4 aromatic rings. The molecule has 3 atom stereocenters. The van der Waals surface area contributed by atoms with E-state index in [4.69, 9.17) is 24.2 Å². The molecule has 56 heavy (non-hydrogen) atoms. The van der Waals surface area contributed by atoms with Crippen LogP contribution in [0.5, 0.6) is 17.6 Å². The number of sulfone groups is 1. The van der Waals surface area contributed by atoms with Gasteiger partial charge in [0.15, 0.2) is 15.7 Å². The SMILES string of the molecule is CCc1c(F)ccc2cc(O)cc(-c3nc(OC)c4c(N5CCOC[C@@](C)(O)C5)nc(OC[C@]56CCC[C@H]5N(C5CC7(C5)CS(=O)(=O)C7)CCC6)nc4c3F)c12. The molecule has 2 aliphatic carbocycles. The summed E-state index contributed by atoms with van der Waals surface area (Å²) in [6, 6.07) is 6.37. The summed E-state index contributed by atoms with van der Waals surface area (Å²) in [7, 11) is -1.48. The van der Waals surface area contributed by atoms with Crippen molar-refractivity contribution in [3.8, 4) is 28.9 Å². The summed E-state index contributed by atoms with van der Waals surface area (Å²) in [6.45, 7) is 5.60. The van der Waals surface area contributed by atoms with Crippen molar-refractivity contribution >= 4 is 37.3 Å². The number of hydrogen-bond donors (Lipinski definition) is 2. The second kappa shape index (κ2) is 13.6. The van der Waals surface area contributed by atoms with E-state index in [-0.39, 0.29) is 82.2 Å². The zero-order valence-corrected chi connectivity index (χ0v) is 32.9. The Labute approximate surface area is 325 Å². The van der Waals surface area contributed by atoms with Gasteiger partial charge in [-0.25, -0.2) is 22.2 Å². The number of aromatic hydroxyl groups is 1. The molecular formula is C41H49F2N5O7S. The minimum absolute atomic E-state index is 0.0172. The number of rotatable bonds is 8. The molecule has 0 bridgehead atoms. The predicted molar refractivity (Wildman–Crippen MR) is 207 cm³/mol. The van der Waals surface area contributed by atoms with Crippen molar-refractivity contribution < 1.29 is 41.6 Å². The number of likely N-dealkylation sites (tertiary alicyclic amines) is 1. The molecule has 2 aromatic carbocycles. The fourth-order valence-corrected chi connectivity index (χ4v) is 13.1. The molecule has 2 saturated carbocycles. The molecule has 15 heteroatoms. The molecule has 3 saturated heterocycles. The number of aromatic nitrogens is 3. The quantitative estimate of drug-likeness (QED) is 0.230. The van der Waals surface area contributed by atoms with Gasteiger partial charge in [0.1, 0.15) is 39.6 Å². The van der Waals surface area contributed by atoms with E-state index in [0.717, 1.165) is 51.5 Å². The average molecular weight is 794 g/mol. The molecule has 9 rings (SSSR count). The number of pyridine rings is 1. The molecule has 3 aliphatic heterocycles. The van der Waals surface area contributed by atoms with E-state index in [0.29, 0.717) is 53.5 Å². The van der Waals surface area contributed by atoms with Crippen LogP contribution in [-0.4, -0.2) is 114 Å². The number of methoxy groups -OCH3 is 1. The molecule has 0 amide bonds. The van der Waals surface area contributed by atoms with Crippen LogP contribution in [0.25, 0.3) is 32.9 Å². The van der Waals surface area contributed by atoms with E-state index in [1.54, 1.807) is 13.0 Å². The molecule has 5 aliphatic rings. The minimum Gasteiger partial charge on any atom is -0.508 e. The van der Waals surface area contributed by atoms with Gasteiger partial charge in [0.2, 0.25) is 5.88 Å². The molecule has 12 nitrogen and oxygen atoms in total. The van der Waals surface area contributed by atoms with Gasteiger partial charge in [-0.05, 0) is 92.9 Å². The number of halogens is 2. The van der Waals surface area contributed by atoms with Gasteiger partial charge >= 0.3 is 6.01 Å². The number of benzene rings is 2. The van der Waals surface area contributed by atoms with E-state index in [9.17, 15) is 18.6 Å². The van der Waals surface area contributed by atoms with Crippen LogP contribution in [0.2, 0.25) is 0 Å². The highest BCUT2D eigenvalue weighted by molar-refractivity contribution is 7.92. The number of β-amino-alcohol motifs (C(OH)–C–C–N with tert-alkyl or cyclic N) is 1. The van der Waals surface area contributed by atoms with Crippen LogP contribution < -0.4 is 14.4 Å². The van der Waals surface area contributed by atoms with Gasteiger partial charge in [0.05, 0.1) is 45.0 Å². The number of nitrogens with zero attached hydrogens (tertiary/aromatic N) is 5. The highest BCUT2D eigenvalue weighted by atomic mass is 32.2. The van der Waals surface area contributed by atoms with Crippen molar-refractivity contribution in [3.05, 3.63) is 41.5 Å². The van der Waals surface area contributed by atoms with Gasteiger partial charge in [-0.1, -0.05) is 19.4 Å². The molecule has 0 unspecified atom stereocenters. The maximum absolute atomic E-state index is 17.4. The Morgan fingerprint density at radius 1 is 1.05 bits per heavy atom. The lowest BCUT2D eigenvalue weighted by molar-refractivity contribution is -0.0726. The zero-order valence-electron chi connectivity index (χ0n) is 32.1. The number of aryl methyl sites for hydroxylation is 1. The average Bonchev–Trinajstić information content (AvgIpc) is 3.49. The van der Waals surface area contributed by atoms with Crippen molar-refractivity contribution in [1.29, 1.82) is 0 Å². The number of hydrogen-bond acceptors (Lipinski definition) is 12. The maximum atomic E-state index is 17.4. The Bertz CT molecular complexity index is 2320. The van der Waals surface area contributed by atoms with Gasteiger partial charge in [0.25, 0.3) is 0 Å². The third-order valence-corrected chi connectivity index (χ3v) is 15.2. The molecular weight excluding hydrogens is 745 g/mol. The topological polar surface area (TPSA) is 147 Å². The van der Waals surface area contributed by atoms with E-state index in [1.165, 1.54) is 25.3 Å². The normalized spacial score (nSPS) is 27.5. The largest absolute Gasteiger partial charge is 0.508 e. The number of fused-ring (bicyclic) bond motifs is 3. The Kier molecular flexibility index (Phi) is 9.14. The first kappa shape index (κ1) is 37.6. The molecule has 1 spiro atoms. The van der Waals surface area contributed by atoms with Crippen molar-refractivity contribution in [1.82, 2.24) is 19.9 Å². The Morgan fingerprint density at radius 3 is 2.59 bits per heavy atom. The summed E-state index contributed by atoms with van der Waals surface area (Å²) in [5.41, 5.74) is -1.22. The second-order valence-electron chi connectivity index (χ2n) is 17.3. The van der Waals surface area contributed by atoms with Crippen LogP contribution in [0.3, 0.4) is 0 Å². The summed E-state index contributed by atoms with van der Waals surface area (Å²) in [5.74, 6) is -0.503. The first-order chi connectivity index (χ1) is 26.7. The van der Waals surface area contributed by atoms with Crippen LogP contribution in [-0.2, 0) is 21.0 Å². The number of ether oxygens (including phenoxy) is 3.